The van der Waals surface area contributed by atoms with E-state index in [1.165, 1.54) is 24.0 Å². The summed E-state index contributed by atoms with van der Waals surface area (Å²) in [6, 6.07) is 3.59. The molecule has 1 fully saturated rings. The average molecular weight is 368 g/mol. The largest absolute Gasteiger partial charge is 0.480 e. The molecule has 1 aromatic rings. The number of carboxylic acids is 1. The Balaban J connectivity index is 1.69. The lowest BCUT2D eigenvalue weighted by molar-refractivity contribution is -0.149. The van der Waals surface area contributed by atoms with Crippen LogP contribution in [0.25, 0.3) is 0 Å². The van der Waals surface area contributed by atoms with Crippen molar-refractivity contribution in [1.82, 2.24) is 9.62 Å². The molecule has 2 aliphatic rings. The minimum atomic E-state index is -3.86. The van der Waals surface area contributed by atoms with Gasteiger partial charge < -0.3 is 14.7 Å². The number of carboxylic acid groups (broad SMARTS) is 1. The zero-order valence-corrected chi connectivity index (χ0v) is 14.6. The summed E-state index contributed by atoms with van der Waals surface area (Å²) < 4.78 is 32.4. The van der Waals surface area contributed by atoms with Crippen molar-refractivity contribution >= 4 is 21.9 Å². The molecule has 0 bridgehead atoms. The molecule has 1 atom stereocenters. The Morgan fingerprint density at radius 2 is 2.00 bits per heavy atom. The monoisotopic (exact) mass is 368 g/mol. The van der Waals surface area contributed by atoms with Crippen LogP contribution in [0.5, 0.6) is 0 Å². The maximum atomic E-state index is 12.4. The molecule has 3 rings (SSSR count). The van der Waals surface area contributed by atoms with E-state index in [1.54, 1.807) is 6.07 Å². The van der Waals surface area contributed by atoms with Gasteiger partial charge in [-0.2, -0.15) is 0 Å². The molecule has 2 N–H and O–H groups in total. The third kappa shape index (κ3) is 3.83. The second-order valence-electron chi connectivity index (χ2n) is 6.29. The number of benzene rings is 1. The summed E-state index contributed by atoms with van der Waals surface area (Å²) in [5.41, 5.74) is 1.76. The van der Waals surface area contributed by atoms with Crippen molar-refractivity contribution in [3.63, 3.8) is 0 Å². The van der Waals surface area contributed by atoms with Gasteiger partial charge in [-0.1, -0.05) is 6.07 Å². The van der Waals surface area contributed by atoms with Gasteiger partial charge in [-0.25, -0.2) is 17.9 Å². The number of sulfonamides is 1. The highest BCUT2D eigenvalue weighted by Gasteiger charge is 2.38. The summed E-state index contributed by atoms with van der Waals surface area (Å²) in [6.07, 6.45) is 1.47. The highest BCUT2D eigenvalue weighted by atomic mass is 32.2. The number of nitrogens with one attached hydrogen (secondary N) is 1. The van der Waals surface area contributed by atoms with Crippen LogP contribution < -0.4 is 4.72 Å². The predicted octanol–water partition coefficient (Wildman–Crippen LogP) is 0.459. The van der Waals surface area contributed by atoms with E-state index in [0.717, 1.165) is 24.0 Å². The van der Waals surface area contributed by atoms with Gasteiger partial charge in [0.2, 0.25) is 15.9 Å². The molecule has 1 unspecified atom stereocenters. The van der Waals surface area contributed by atoms with Gasteiger partial charge in [0, 0.05) is 6.04 Å². The van der Waals surface area contributed by atoms with E-state index in [0.29, 0.717) is 13.2 Å². The topological polar surface area (TPSA) is 113 Å². The van der Waals surface area contributed by atoms with Crippen molar-refractivity contribution in [1.29, 1.82) is 0 Å². The minimum absolute atomic E-state index is 0.0637. The second-order valence-corrected chi connectivity index (χ2v) is 8.06. The minimum Gasteiger partial charge on any atom is -0.480 e. The first-order valence-electron chi connectivity index (χ1n) is 8.03. The van der Waals surface area contributed by atoms with E-state index in [2.05, 4.69) is 4.72 Å². The van der Waals surface area contributed by atoms with E-state index in [1.807, 2.05) is 0 Å². The van der Waals surface area contributed by atoms with E-state index >= 15 is 0 Å². The fourth-order valence-electron chi connectivity index (χ4n) is 2.85. The maximum Gasteiger partial charge on any atom is 0.326 e. The molecule has 0 saturated heterocycles. The van der Waals surface area contributed by atoms with Crippen molar-refractivity contribution in [2.24, 2.45) is 0 Å². The van der Waals surface area contributed by atoms with Gasteiger partial charge in [-0.3, -0.25) is 4.79 Å². The Morgan fingerprint density at radius 3 is 2.64 bits per heavy atom. The number of ether oxygens (including phenoxy) is 1. The van der Waals surface area contributed by atoms with E-state index < -0.39 is 34.5 Å². The van der Waals surface area contributed by atoms with Gasteiger partial charge in [0.05, 0.1) is 24.7 Å². The second kappa shape index (κ2) is 6.74. The number of carbonyl (C=O) groups is 2. The molecule has 0 radical (unpaired) electrons. The first-order valence-corrected chi connectivity index (χ1v) is 9.51. The molecule has 0 aromatic heterocycles. The molecule has 0 spiro atoms. The molecular formula is C16H20N2O6S. The van der Waals surface area contributed by atoms with Gasteiger partial charge in [0.25, 0.3) is 0 Å². The lowest BCUT2D eigenvalue weighted by Gasteiger charge is -2.26. The van der Waals surface area contributed by atoms with E-state index in [4.69, 9.17) is 9.84 Å². The standard InChI is InChI=1S/C16H20N2O6S/c1-10(16(20)21)18(13-3-4-13)15(19)7-17-25(22,23)14-5-2-11-8-24-9-12(11)6-14/h2,5-6,10,13,17H,3-4,7-9H2,1H3,(H,20,21). The van der Waals surface area contributed by atoms with Crippen LogP contribution >= 0.6 is 0 Å². The molecular weight excluding hydrogens is 348 g/mol. The van der Waals surface area contributed by atoms with Gasteiger partial charge in [-0.05, 0) is 43.0 Å². The summed E-state index contributed by atoms with van der Waals surface area (Å²) in [5.74, 6) is -1.65. The molecule has 8 nitrogen and oxygen atoms in total. The average Bonchev–Trinajstić information content (AvgIpc) is 3.28. The number of carbonyl (C=O) groups excluding carboxylic acids is 1. The van der Waals surface area contributed by atoms with Crippen molar-refractivity contribution in [2.75, 3.05) is 6.54 Å². The summed E-state index contributed by atoms with van der Waals surface area (Å²) in [5, 5.41) is 9.13. The Bertz CT molecular complexity index is 803. The number of hydrogen-bond acceptors (Lipinski definition) is 5. The quantitative estimate of drug-likeness (QED) is 0.723. The molecule has 1 amide bonds. The summed E-state index contributed by atoms with van der Waals surface area (Å²) in [6.45, 7) is 1.78. The number of aliphatic carboxylic acids is 1. The highest BCUT2D eigenvalue weighted by molar-refractivity contribution is 7.89. The van der Waals surface area contributed by atoms with Gasteiger partial charge in [0.15, 0.2) is 0 Å². The Kier molecular flexibility index (Phi) is 4.81. The predicted molar refractivity (Wildman–Crippen MR) is 87.1 cm³/mol. The molecule has 1 heterocycles. The molecule has 1 saturated carbocycles. The van der Waals surface area contributed by atoms with Crippen molar-refractivity contribution < 1.29 is 27.9 Å². The van der Waals surface area contributed by atoms with Crippen LogP contribution in [0.15, 0.2) is 23.1 Å². The van der Waals surface area contributed by atoms with Gasteiger partial charge in [0.1, 0.15) is 6.04 Å². The van der Waals surface area contributed by atoms with Crippen LogP contribution in [0, 0.1) is 0 Å². The number of amides is 1. The third-order valence-corrected chi connectivity index (χ3v) is 5.82. The Labute approximate surface area is 145 Å². The molecule has 9 heteroatoms. The molecule has 1 aliphatic carbocycles. The molecule has 1 aromatic carbocycles. The fourth-order valence-corrected chi connectivity index (χ4v) is 3.88. The summed E-state index contributed by atoms with van der Waals surface area (Å²) >= 11 is 0. The molecule has 1 aliphatic heterocycles. The van der Waals surface area contributed by atoms with Crippen LogP contribution in [0.4, 0.5) is 0 Å². The van der Waals surface area contributed by atoms with Crippen molar-refractivity contribution in [2.45, 2.75) is 50.0 Å². The van der Waals surface area contributed by atoms with E-state index in [-0.39, 0.29) is 10.9 Å². The van der Waals surface area contributed by atoms with Gasteiger partial charge in [-0.15, -0.1) is 0 Å². The SMILES string of the molecule is CC(C(=O)O)N(C(=O)CNS(=O)(=O)c1ccc2c(c1)COC2)C1CC1. The van der Waals surface area contributed by atoms with Crippen LogP contribution in [0.2, 0.25) is 0 Å². The van der Waals surface area contributed by atoms with Crippen LogP contribution in [0.3, 0.4) is 0 Å². The lowest BCUT2D eigenvalue weighted by Crippen LogP contribution is -2.48. The smallest absolute Gasteiger partial charge is 0.326 e. The van der Waals surface area contributed by atoms with E-state index in [9.17, 15) is 18.0 Å². The number of hydrogen-bond donors (Lipinski definition) is 2. The zero-order chi connectivity index (χ0) is 18.2. The van der Waals surface area contributed by atoms with Crippen molar-refractivity contribution in [3.05, 3.63) is 29.3 Å². The fraction of sp³-hybridized carbons (Fsp3) is 0.500. The maximum absolute atomic E-state index is 12.4. The van der Waals surface area contributed by atoms with Crippen LogP contribution in [-0.2, 0) is 37.6 Å². The summed E-state index contributed by atoms with van der Waals surface area (Å²) in [7, 11) is -3.86. The number of rotatable bonds is 7. The normalized spacial score (nSPS) is 17.8. The third-order valence-electron chi connectivity index (χ3n) is 4.42. The first-order chi connectivity index (χ1) is 11.8. The Hall–Kier alpha value is -1.97. The number of fused-ring (bicyclic) bond motifs is 1. The molecule has 25 heavy (non-hydrogen) atoms. The summed E-state index contributed by atoms with van der Waals surface area (Å²) in [4.78, 5) is 24.8. The van der Waals surface area contributed by atoms with Crippen LogP contribution in [-0.4, -0.2) is 48.9 Å². The van der Waals surface area contributed by atoms with Gasteiger partial charge >= 0.3 is 5.97 Å². The Morgan fingerprint density at radius 1 is 1.32 bits per heavy atom. The lowest BCUT2D eigenvalue weighted by atomic mass is 10.1. The number of nitrogens with zero attached hydrogens (tertiary/aromatic N) is 1. The highest BCUT2D eigenvalue weighted by Crippen LogP contribution is 2.29. The molecule has 136 valence electrons. The zero-order valence-electron chi connectivity index (χ0n) is 13.8. The van der Waals surface area contributed by atoms with Crippen molar-refractivity contribution in [3.8, 4) is 0 Å². The van der Waals surface area contributed by atoms with Crippen LogP contribution in [0.1, 0.15) is 30.9 Å². The first kappa shape index (κ1) is 17.8.